The molecular formula is C20H42O4S. The normalized spacial score (nSPS) is 13.2. The summed E-state index contributed by atoms with van der Waals surface area (Å²) in [6.45, 7) is 6.36. The van der Waals surface area contributed by atoms with E-state index >= 15 is 0 Å². The van der Waals surface area contributed by atoms with Gasteiger partial charge in [0.05, 0.1) is 5.75 Å². The molecule has 1 atom stereocenters. The first-order valence-electron chi connectivity index (χ1n) is 10.5. The largest absolute Gasteiger partial charge is 0.381 e. The van der Waals surface area contributed by atoms with E-state index in [2.05, 4.69) is 13.8 Å². The van der Waals surface area contributed by atoms with E-state index in [1.54, 1.807) is 0 Å². The van der Waals surface area contributed by atoms with Gasteiger partial charge in [0.15, 0.2) is 0 Å². The van der Waals surface area contributed by atoms with Gasteiger partial charge in [-0.3, -0.25) is 4.55 Å². The minimum Gasteiger partial charge on any atom is -0.381 e. The Morgan fingerprint density at radius 3 is 1.80 bits per heavy atom. The number of unbranched alkanes of at least 4 members (excludes halogenated alkanes) is 10. The molecule has 25 heavy (non-hydrogen) atoms. The van der Waals surface area contributed by atoms with E-state index in [0.29, 0.717) is 6.42 Å². The molecule has 0 aromatic heterocycles. The Hall–Kier alpha value is -0.130. The zero-order valence-electron chi connectivity index (χ0n) is 16.7. The zero-order chi connectivity index (χ0) is 18.8. The minimum absolute atomic E-state index is 0.0906. The molecule has 0 radical (unpaired) electrons. The van der Waals surface area contributed by atoms with Crippen LogP contribution in [0.4, 0.5) is 0 Å². The third-order valence-corrected chi connectivity index (χ3v) is 5.64. The van der Waals surface area contributed by atoms with Crippen molar-refractivity contribution in [2.24, 2.45) is 5.92 Å². The number of hydrogen-bond acceptors (Lipinski definition) is 3. The van der Waals surface area contributed by atoms with Crippen molar-refractivity contribution in [2.75, 3.05) is 19.0 Å². The molecule has 0 amide bonds. The van der Waals surface area contributed by atoms with E-state index in [9.17, 15) is 8.42 Å². The Kier molecular flexibility index (Phi) is 17.2. The molecule has 1 unspecified atom stereocenters. The molecule has 0 heterocycles. The van der Waals surface area contributed by atoms with Gasteiger partial charge in [-0.05, 0) is 25.2 Å². The van der Waals surface area contributed by atoms with Crippen LogP contribution in [-0.2, 0) is 14.9 Å². The quantitative estimate of drug-likeness (QED) is 0.221. The molecule has 1 N–H and O–H groups in total. The van der Waals surface area contributed by atoms with Crippen molar-refractivity contribution in [2.45, 2.75) is 104 Å². The minimum atomic E-state index is -3.76. The van der Waals surface area contributed by atoms with Gasteiger partial charge in [-0.2, -0.15) is 8.42 Å². The van der Waals surface area contributed by atoms with E-state index in [1.807, 2.05) is 0 Å². The van der Waals surface area contributed by atoms with Crippen LogP contribution in [0, 0.1) is 5.92 Å². The Balaban J connectivity index is 3.21. The third-order valence-electron chi connectivity index (χ3n) is 4.84. The van der Waals surface area contributed by atoms with Gasteiger partial charge in [-0.25, -0.2) is 0 Å². The highest BCUT2D eigenvalue weighted by atomic mass is 32.2. The van der Waals surface area contributed by atoms with Crippen LogP contribution < -0.4 is 0 Å². The van der Waals surface area contributed by atoms with Gasteiger partial charge in [-0.1, -0.05) is 84.5 Å². The summed E-state index contributed by atoms with van der Waals surface area (Å²) in [5.74, 6) is 0.657. The first-order chi connectivity index (χ1) is 12.0. The lowest BCUT2D eigenvalue weighted by molar-refractivity contribution is 0.0908. The van der Waals surface area contributed by atoms with Gasteiger partial charge in [0.1, 0.15) is 0 Å². The van der Waals surface area contributed by atoms with Crippen LogP contribution in [0.5, 0.6) is 0 Å². The Labute approximate surface area is 156 Å². The van der Waals surface area contributed by atoms with Crippen LogP contribution in [0.3, 0.4) is 0 Å². The Morgan fingerprint density at radius 1 is 0.800 bits per heavy atom. The van der Waals surface area contributed by atoms with Crippen molar-refractivity contribution < 1.29 is 17.7 Å². The maximum Gasteiger partial charge on any atom is 0.264 e. The summed E-state index contributed by atoms with van der Waals surface area (Å²) in [5, 5.41) is 0. The smallest absolute Gasteiger partial charge is 0.264 e. The standard InChI is InChI=1S/C20H42O4S/c1-3-5-16-20(4-2)19-24-17-14-12-10-8-6-7-9-11-13-15-18-25(21,22)23/h20H,3-19H2,1-2H3,(H,21,22,23). The monoisotopic (exact) mass is 378 g/mol. The number of rotatable bonds is 19. The fourth-order valence-corrected chi connectivity index (χ4v) is 3.62. The molecule has 0 fully saturated rings. The summed E-state index contributed by atoms with van der Waals surface area (Å²) in [6.07, 6.45) is 16.4. The molecule has 0 aromatic carbocycles. The average molecular weight is 379 g/mol. The fourth-order valence-electron chi connectivity index (χ4n) is 3.05. The molecular weight excluding hydrogens is 336 g/mol. The molecule has 152 valence electrons. The Bertz CT molecular complexity index is 368. The maximum atomic E-state index is 10.6. The molecule has 0 saturated carbocycles. The second-order valence-corrected chi connectivity index (χ2v) is 8.89. The summed E-state index contributed by atoms with van der Waals surface area (Å²) in [4.78, 5) is 0. The molecule has 0 aromatic rings. The molecule has 0 spiro atoms. The lowest BCUT2D eigenvalue weighted by Gasteiger charge is -2.14. The van der Waals surface area contributed by atoms with Crippen molar-refractivity contribution in [1.29, 1.82) is 0 Å². The van der Waals surface area contributed by atoms with E-state index in [0.717, 1.165) is 32.0 Å². The van der Waals surface area contributed by atoms with Gasteiger partial charge < -0.3 is 4.74 Å². The summed E-state index contributed by atoms with van der Waals surface area (Å²) in [7, 11) is -3.76. The molecule has 0 aliphatic heterocycles. The van der Waals surface area contributed by atoms with Gasteiger partial charge in [0.25, 0.3) is 10.1 Å². The van der Waals surface area contributed by atoms with Crippen molar-refractivity contribution in [3.63, 3.8) is 0 Å². The summed E-state index contributed by atoms with van der Waals surface area (Å²) < 4.78 is 35.6. The topological polar surface area (TPSA) is 63.6 Å². The van der Waals surface area contributed by atoms with Gasteiger partial charge in [-0.15, -0.1) is 0 Å². The zero-order valence-corrected chi connectivity index (χ0v) is 17.5. The van der Waals surface area contributed by atoms with Crippen LogP contribution in [-0.4, -0.2) is 31.9 Å². The van der Waals surface area contributed by atoms with E-state index in [-0.39, 0.29) is 5.75 Å². The first kappa shape index (κ1) is 24.9. The van der Waals surface area contributed by atoms with Gasteiger partial charge in [0.2, 0.25) is 0 Å². The Morgan fingerprint density at radius 2 is 1.32 bits per heavy atom. The SMILES string of the molecule is CCCCC(CC)COCCCCCCCCCCCCS(=O)(=O)O. The number of ether oxygens (including phenoxy) is 1. The predicted octanol–water partition coefficient (Wildman–Crippen LogP) is 6.01. The summed E-state index contributed by atoms with van der Waals surface area (Å²) >= 11 is 0. The fraction of sp³-hybridized carbons (Fsp3) is 1.00. The van der Waals surface area contributed by atoms with Crippen LogP contribution in [0.25, 0.3) is 0 Å². The summed E-state index contributed by atoms with van der Waals surface area (Å²) in [6, 6.07) is 0. The van der Waals surface area contributed by atoms with Crippen molar-refractivity contribution in [1.82, 2.24) is 0 Å². The van der Waals surface area contributed by atoms with E-state index in [1.165, 1.54) is 70.6 Å². The summed E-state index contributed by atoms with van der Waals surface area (Å²) in [5.41, 5.74) is 0. The molecule has 0 aliphatic rings. The molecule has 0 aliphatic carbocycles. The van der Waals surface area contributed by atoms with E-state index in [4.69, 9.17) is 9.29 Å². The molecule has 4 nitrogen and oxygen atoms in total. The predicted molar refractivity (Wildman–Crippen MR) is 107 cm³/mol. The molecule has 0 rings (SSSR count). The van der Waals surface area contributed by atoms with Gasteiger partial charge in [0, 0.05) is 13.2 Å². The maximum absolute atomic E-state index is 10.6. The van der Waals surface area contributed by atoms with Crippen LogP contribution in [0.15, 0.2) is 0 Å². The van der Waals surface area contributed by atoms with Crippen LogP contribution in [0.1, 0.15) is 104 Å². The van der Waals surface area contributed by atoms with Crippen LogP contribution in [0.2, 0.25) is 0 Å². The van der Waals surface area contributed by atoms with Crippen molar-refractivity contribution >= 4 is 10.1 Å². The second kappa shape index (κ2) is 17.3. The van der Waals surface area contributed by atoms with E-state index < -0.39 is 10.1 Å². The molecule has 0 saturated heterocycles. The van der Waals surface area contributed by atoms with Crippen molar-refractivity contribution in [3.8, 4) is 0 Å². The first-order valence-corrected chi connectivity index (χ1v) is 12.1. The van der Waals surface area contributed by atoms with Crippen LogP contribution >= 0.6 is 0 Å². The highest BCUT2D eigenvalue weighted by molar-refractivity contribution is 7.85. The average Bonchev–Trinajstić information content (AvgIpc) is 2.56. The lowest BCUT2D eigenvalue weighted by Crippen LogP contribution is -2.09. The molecule has 0 bridgehead atoms. The second-order valence-electron chi connectivity index (χ2n) is 7.31. The molecule has 5 heteroatoms. The van der Waals surface area contributed by atoms with Crippen molar-refractivity contribution in [3.05, 3.63) is 0 Å². The lowest BCUT2D eigenvalue weighted by atomic mass is 10.0. The highest BCUT2D eigenvalue weighted by Crippen LogP contribution is 2.14. The number of hydrogen-bond donors (Lipinski definition) is 1. The van der Waals surface area contributed by atoms with Gasteiger partial charge >= 0.3 is 0 Å². The third kappa shape index (κ3) is 20.0. The highest BCUT2D eigenvalue weighted by Gasteiger charge is 2.05.